The molecule has 0 aliphatic carbocycles. The van der Waals surface area contributed by atoms with Crippen molar-refractivity contribution in [1.82, 2.24) is 4.90 Å². The quantitative estimate of drug-likeness (QED) is 0.532. The summed E-state index contributed by atoms with van der Waals surface area (Å²) in [4.78, 5) is 25.9. The molecule has 0 unspecified atom stereocenters. The van der Waals surface area contributed by atoms with Crippen LogP contribution in [0.5, 0.6) is 5.75 Å². The Kier molecular flexibility index (Phi) is 7.34. The third-order valence-electron chi connectivity index (χ3n) is 3.48. The van der Waals surface area contributed by atoms with Crippen LogP contribution in [0, 0.1) is 0 Å². The van der Waals surface area contributed by atoms with Gasteiger partial charge in [-0.3, -0.25) is 9.69 Å². The van der Waals surface area contributed by atoms with Crippen molar-refractivity contribution in [2.75, 3.05) is 18.6 Å². The van der Waals surface area contributed by atoms with Crippen LogP contribution in [0.3, 0.4) is 0 Å². The molecule has 5 nitrogen and oxygen atoms in total. The maximum Gasteiger partial charge on any atom is 0.326 e. The van der Waals surface area contributed by atoms with E-state index in [0.717, 1.165) is 23.1 Å². The largest absolute Gasteiger partial charge is 0.494 e. The molecule has 1 fully saturated rings. The molecule has 0 saturated carbocycles. The second-order valence-corrected chi connectivity index (χ2v) is 7.85. The number of thioether (sulfide) groups is 2. The third-order valence-corrected chi connectivity index (χ3v) is 5.46. The number of carboxylic acid groups (broad SMARTS) is 1. The normalized spacial score (nSPS) is 17.2. The van der Waals surface area contributed by atoms with E-state index in [1.54, 1.807) is 6.08 Å². The van der Waals surface area contributed by atoms with Crippen molar-refractivity contribution in [2.24, 2.45) is 0 Å². The minimum Gasteiger partial charge on any atom is -0.494 e. The molecule has 1 atom stereocenters. The van der Waals surface area contributed by atoms with Crippen molar-refractivity contribution in [3.8, 4) is 5.75 Å². The van der Waals surface area contributed by atoms with Crippen LogP contribution in [0.2, 0.25) is 0 Å². The van der Waals surface area contributed by atoms with Crippen molar-refractivity contribution in [3.05, 3.63) is 34.7 Å². The van der Waals surface area contributed by atoms with Gasteiger partial charge in [0.1, 0.15) is 16.1 Å². The topological polar surface area (TPSA) is 66.8 Å². The molecule has 0 radical (unpaired) electrons. The first-order valence-electron chi connectivity index (χ1n) is 7.69. The average Bonchev–Trinajstić information content (AvgIpc) is 2.83. The van der Waals surface area contributed by atoms with Gasteiger partial charge in [0, 0.05) is 0 Å². The van der Waals surface area contributed by atoms with E-state index in [1.807, 2.05) is 37.4 Å². The Hall–Kier alpha value is -1.51. The van der Waals surface area contributed by atoms with E-state index in [2.05, 4.69) is 0 Å². The van der Waals surface area contributed by atoms with E-state index in [4.69, 9.17) is 17.0 Å². The van der Waals surface area contributed by atoms with E-state index in [9.17, 15) is 14.7 Å². The van der Waals surface area contributed by atoms with Gasteiger partial charge in [-0.15, -0.1) is 0 Å². The fourth-order valence-electron chi connectivity index (χ4n) is 2.35. The van der Waals surface area contributed by atoms with Crippen molar-refractivity contribution < 1.29 is 19.4 Å². The first-order valence-corrected chi connectivity index (χ1v) is 10.3. The predicted molar refractivity (Wildman–Crippen MR) is 107 cm³/mol. The number of carboxylic acids is 1. The summed E-state index contributed by atoms with van der Waals surface area (Å²) in [6, 6.07) is 6.45. The standard InChI is InChI=1S/C17H19NO4S3/c1-3-22-12-6-4-5-11(9-12)10-14-15(19)18(17(23)25-14)13(16(20)21)7-8-24-2/h4-6,9-10,13H,3,7-8H2,1-2H3,(H,20,21)/b14-10+/t13-/m1/s1. The van der Waals surface area contributed by atoms with Crippen LogP contribution in [-0.2, 0) is 9.59 Å². The van der Waals surface area contributed by atoms with Gasteiger partial charge in [-0.2, -0.15) is 11.8 Å². The van der Waals surface area contributed by atoms with Crippen molar-refractivity contribution in [2.45, 2.75) is 19.4 Å². The Morgan fingerprint density at radius 3 is 2.92 bits per heavy atom. The molecule has 1 aliphatic rings. The lowest BCUT2D eigenvalue weighted by molar-refractivity contribution is -0.145. The van der Waals surface area contributed by atoms with Crippen molar-refractivity contribution in [1.29, 1.82) is 0 Å². The van der Waals surface area contributed by atoms with Crippen LogP contribution >= 0.6 is 35.7 Å². The molecule has 8 heteroatoms. The molecular weight excluding hydrogens is 378 g/mol. The zero-order chi connectivity index (χ0) is 18.4. The van der Waals surface area contributed by atoms with Gasteiger partial charge in [-0.1, -0.05) is 36.1 Å². The maximum atomic E-state index is 12.7. The number of benzene rings is 1. The molecule has 0 spiro atoms. The number of aliphatic carboxylic acids is 1. The summed E-state index contributed by atoms with van der Waals surface area (Å²) in [6.45, 7) is 2.46. The number of amides is 1. The molecule has 134 valence electrons. The van der Waals surface area contributed by atoms with Crippen LogP contribution < -0.4 is 4.74 Å². The van der Waals surface area contributed by atoms with Crippen LogP contribution in [0.15, 0.2) is 29.2 Å². The molecule has 25 heavy (non-hydrogen) atoms. The summed E-state index contributed by atoms with van der Waals surface area (Å²) < 4.78 is 5.74. The van der Waals surface area contributed by atoms with Gasteiger partial charge in [0.25, 0.3) is 5.91 Å². The Morgan fingerprint density at radius 2 is 2.28 bits per heavy atom. The number of thiocarbonyl (C=S) groups is 1. The fourth-order valence-corrected chi connectivity index (χ4v) is 4.17. The highest BCUT2D eigenvalue weighted by atomic mass is 32.2. The van der Waals surface area contributed by atoms with Gasteiger partial charge in [-0.05, 0) is 49.1 Å². The number of rotatable bonds is 8. The Morgan fingerprint density at radius 1 is 1.52 bits per heavy atom. The highest BCUT2D eigenvalue weighted by molar-refractivity contribution is 8.26. The van der Waals surface area contributed by atoms with Gasteiger partial charge in [0.2, 0.25) is 0 Å². The van der Waals surface area contributed by atoms with Gasteiger partial charge in [-0.25, -0.2) is 4.79 Å². The number of hydrogen-bond donors (Lipinski definition) is 1. The molecule has 1 saturated heterocycles. The monoisotopic (exact) mass is 397 g/mol. The van der Waals surface area contributed by atoms with E-state index >= 15 is 0 Å². The molecule has 0 aromatic heterocycles. The first kappa shape index (κ1) is 19.8. The second-order valence-electron chi connectivity index (χ2n) is 5.19. The molecule has 1 amide bonds. The van der Waals surface area contributed by atoms with Gasteiger partial charge in [0.05, 0.1) is 11.5 Å². The highest BCUT2D eigenvalue weighted by Gasteiger charge is 2.40. The summed E-state index contributed by atoms with van der Waals surface area (Å²) >= 11 is 7.93. The fraction of sp³-hybridized carbons (Fsp3) is 0.353. The zero-order valence-electron chi connectivity index (χ0n) is 13.9. The lowest BCUT2D eigenvalue weighted by Gasteiger charge is -2.22. The Balaban J connectivity index is 2.24. The summed E-state index contributed by atoms with van der Waals surface area (Å²) in [5.74, 6) is -0.0332. The van der Waals surface area contributed by atoms with Crippen LogP contribution in [-0.4, -0.2) is 50.9 Å². The van der Waals surface area contributed by atoms with E-state index in [-0.39, 0.29) is 10.2 Å². The smallest absolute Gasteiger partial charge is 0.326 e. The van der Waals surface area contributed by atoms with E-state index < -0.39 is 12.0 Å². The molecule has 1 aromatic carbocycles. The molecule has 1 N–H and O–H groups in total. The molecule has 2 rings (SSSR count). The summed E-state index contributed by atoms with van der Waals surface area (Å²) in [7, 11) is 0. The lowest BCUT2D eigenvalue weighted by Crippen LogP contribution is -2.44. The summed E-state index contributed by atoms with van der Waals surface area (Å²) in [6.07, 6.45) is 3.97. The number of hydrogen-bond acceptors (Lipinski definition) is 6. The highest BCUT2D eigenvalue weighted by Crippen LogP contribution is 2.35. The number of ether oxygens (including phenoxy) is 1. The lowest BCUT2D eigenvalue weighted by atomic mass is 10.1. The summed E-state index contributed by atoms with van der Waals surface area (Å²) in [5.41, 5.74) is 0.808. The minimum atomic E-state index is -1.04. The van der Waals surface area contributed by atoms with Crippen LogP contribution in [0.25, 0.3) is 6.08 Å². The molecule has 0 bridgehead atoms. The molecule has 1 aromatic rings. The number of nitrogens with zero attached hydrogens (tertiary/aromatic N) is 1. The second kappa shape index (κ2) is 9.26. The van der Waals surface area contributed by atoms with Gasteiger partial charge < -0.3 is 9.84 Å². The first-order chi connectivity index (χ1) is 12.0. The van der Waals surface area contributed by atoms with E-state index in [1.165, 1.54) is 16.7 Å². The molecule has 1 aliphatic heterocycles. The van der Waals surface area contributed by atoms with Crippen molar-refractivity contribution in [3.63, 3.8) is 0 Å². The minimum absolute atomic E-state index is 0.283. The predicted octanol–water partition coefficient (Wildman–Crippen LogP) is 3.49. The third kappa shape index (κ3) is 4.99. The molecular formula is C17H19NO4S3. The van der Waals surface area contributed by atoms with E-state index in [0.29, 0.717) is 23.7 Å². The zero-order valence-corrected chi connectivity index (χ0v) is 16.4. The van der Waals surface area contributed by atoms with Gasteiger partial charge >= 0.3 is 5.97 Å². The number of carbonyl (C=O) groups is 2. The van der Waals surface area contributed by atoms with Crippen molar-refractivity contribution >= 4 is 58.0 Å². The van der Waals surface area contributed by atoms with Crippen LogP contribution in [0.1, 0.15) is 18.9 Å². The van der Waals surface area contributed by atoms with Gasteiger partial charge in [0.15, 0.2) is 0 Å². The number of carbonyl (C=O) groups excluding carboxylic acids is 1. The average molecular weight is 398 g/mol. The Bertz CT molecular complexity index is 705. The van der Waals surface area contributed by atoms with Crippen LogP contribution in [0.4, 0.5) is 0 Å². The molecule has 1 heterocycles. The Labute approximate surface area is 160 Å². The SMILES string of the molecule is CCOc1cccc(/C=C2/SC(=S)N([C@H](CCSC)C(=O)O)C2=O)c1. The maximum absolute atomic E-state index is 12.7. The summed E-state index contributed by atoms with van der Waals surface area (Å²) in [5, 5.41) is 9.46.